The largest absolute Gasteiger partial charge is 0.508 e. The summed E-state index contributed by atoms with van der Waals surface area (Å²) in [6, 6.07) is 3.40. The number of carbonyl (C=O) groups is 2. The third-order valence-corrected chi connectivity index (χ3v) is 5.01. The first-order valence-electron chi connectivity index (χ1n) is 8.05. The van der Waals surface area contributed by atoms with Crippen LogP contribution in [-0.2, 0) is 6.42 Å². The fourth-order valence-electron chi connectivity index (χ4n) is 3.97. The molecule has 4 rings (SSSR count). The van der Waals surface area contributed by atoms with Crippen molar-refractivity contribution in [2.75, 3.05) is 0 Å². The molecule has 2 aromatic carbocycles. The molecule has 2 atom stereocenters. The standard InChI is InChI=1S/C19H16O7/c1-19(26)5-7-2-9-15(17(24)13(7)12(22)6-19)18(25)14-10(16(9)23)3-8(20)4-11(14)21/h2-4,12,20-22,24,26H,5-6H2,1H3/t12-,19+/m0/s1. The van der Waals surface area contributed by atoms with E-state index in [9.17, 15) is 35.1 Å². The molecule has 0 fully saturated rings. The Morgan fingerprint density at radius 3 is 2.35 bits per heavy atom. The molecule has 0 heterocycles. The van der Waals surface area contributed by atoms with Crippen LogP contribution in [0, 0.1) is 0 Å². The van der Waals surface area contributed by atoms with E-state index < -0.39 is 34.8 Å². The molecule has 0 bridgehead atoms. The summed E-state index contributed by atoms with van der Waals surface area (Å²) in [4.78, 5) is 25.7. The van der Waals surface area contributed by atoms with Crippen LogP contribution in [0.2, 0.25) is 0 Å². The van der Waals surface area contributed by atoms with E-state index in [0.717, 1.165) is 12.1 Å². The lowest BCUT2D eigenvalue weighted by molar-refractivity contribution is -0.00831. The van der Waals surface area contributed by atoms with Crippen molar-refractivity contribution < 1.29 is 35.1 Å². The molecule has 134 valence electrons. The van der Waals surface area contributed by atoms with Crippen LogP contribution in [-0.4, -0.2) is 42.7 Å². The Morgan fingerprint density at radius 1 is 1.00 bits per heavy atom. The number of aliphatic hydroxyl groups is 2. The zero-order valence-electron chi connectivity index (χ0n) is 13.8. The Kier molecular flexibility index (Phi) is 3.22. The van der Waals surface area contributed by atoms with Gasteiger partial charge in [0, 0.05) is 35.6 Å². The second-order valence-corrected chi connectivity index (χ2v) is 7.16. The highest BCUT2D eigenvalue weighted by atomic mass is 16.3. The number of phenolic OH excluding ortho intramolecular Hbond substituents is 3. The van der Waals surface area contributed by atoms with Crippen LogP contribution >= 0.6 is 0 Å². The molecule has 7 heteroatoms. The van der Waals surface area contributed by atoms with Crippen LogP contribution in [0.3, 0.4) is 0 Å². The van der Waals surface area contributed by atoms with Gasteiger partial charge in [0.05, 0.1) is 22.8 Å². The molecule has 0 aliphatic heterocycles. The van der Waals surface area contributed by atoms with Crippen molar-refractivity contribution in [1.82, 2.24) is 0 Å². The van der Waals surface area contributed by atoms with Crippen molar-refractivity contribution in [2.24, 2.45) is 0 Å². The number of ketones is 2. The number of fused-ring (bicyclic) bond motifs is 3. The summed E-state index contributed by atoms with van der Waals surface area (Å²) in [6.45, 7) is 1.54. The van der Waals surface area contributed by atoms with E-state index in [-0.39, 0.29) is 46.4 Å². The first kappa shape index (κ1) is 16.6. The summed E-state index contributed by atoms with van der Waals surface area (Å²) in [7, 11) is 0. The van der Waals surface area contributed by atoms with Crippen molar-refractivity contribution in [3.63, 3.8) is 0 Å². The van der Waals surface area contributed by atoms with Gasteiger partial charge in [0.25, 0.3) is 0 Å². The molecule has 0 radical (unpaired) electrons. The maximum Gasteiger partial charge on any atom is 0.201 e. The molecular formula is C19H16O7. The number of hydrogen-bond acceptors (Lipinski definition) is 7. The summed E-state index contributed by atoms with van der Waals surface area (Å²) >= 11 is 0. The first-order chi connectivity index (χ1) is 12.1. The van der Waals surface area contributed by atoms with Gasteiger partial charge in [0.1, 0.15) is 17.2 Å². The van der Waals surface area contributed by atoms with Crippen molar-refractivity contribution in [1.29, 1.82) is 0 Å². The number of benzene rings is 2. The second kappa shape index (κ2) is 5.06. The van der Waals surface area contributed by atoms with Crippen molar-refractivity contribution >= 4 is 11.6 Å². The Hall–Kier alpha value is -2.90. The zero-order chi connectivity index (χ0) is 19.0. The van der Waals surface area contributed by atoms with Crippen molar-refractivity contribution in [3.8, 4) is 17.2 Å². The van der Waals surface area contributed by atoms with Gasteiger partial charge >= 0.3 is 0 Å². The highest BCUT2D eigenvalue weighted by molar-refractivity contribution is 6.30. The van der Waals surface area contributed by atoms with E-state index in [1.807, 2.05) is 0 Å². The Labute approximate surface area is 147 Å². The number of phenols is 3. The number of rotatable bonds is 0. The molecule has 0 saturated heterocycles. The van der Waals surface area contributed by atoms with Crippen molar-refractivity contribution in [2.45, 2.75) is 31.5 Å². The van der Waals surface area contributed by atoms with Gasteiger partial charge in [0.2, 0.25) is 5.78 Å². The molecule has 0 amide bonds. The molecule has 0 spiro atoms. The average molecular weight is 356 g/mol. The number of carbonyl (C=O) groups excluding carboxylic acids is 2. The Bertz CT molecular complexity index is 1000. The number of aromatic hydroxyl groups is 3. The van der Waals surface area contributed by atoms with Crippen LogP contribution in [0.4, 0.5) is 0 Å². The molecule has 0 unspecified atom stereocenters. The molecule has 26 heavy (non-hydrogen) atoms. The van der Waals surface area contributed by atoms with Crippen LogP contribution in [0.1, 0.15) is 62.4 Å². The van der Waals surface area contributed by atoms with Crippen molar-refractivity contribution in [3.05, 3.63) is 51.6 Å². The lowest BCUT2D eigenvalue weighted by Crippen LogP contribution is -2.35. The third kappa shape index (κ3) is 2.14. The van der Waals surface area contributed by atoms with Crippen LogP contribution in [0.5, 0.6) is 17.2 Å². The summed E-state index contributed by atoms with van der Waals surface area (Å²) in [5.74, 6) is -2.86. The molecule has 5 N–H and O–H groups in total. The van der Waals surface area contributed by atoms with Gasteiger partial charge in [-0.1, -0.05) is 0 Å². The molecule has 2 aliphatic rings. The van der Waals surface area contributed by atoms with E-state index >= 15 is 0 Å². The monoisotopic (exact) mass is 356 g/mol. The molecule has 2 aliphatic carbocycles. The van der Waals surface area contributed by atoms with Gasteiger partial charge in [0.15, 0.2) is 5.78 Å². The minimum absolute atomic E-state index is 0.0236. The highest BCUT2D eigenvalue weighted by Crippen LogP contribution is 2.46. The van der Waals surface area contributed by atoms with Gasteiger partial charge in [-0.25, -0.2) is 0 Å². The predicted molar refractivity (Wildman–Crippen MR) is 88.6 cm³/mol. The van der Waals surface area contributed by atoms with E-state index in [2.05, 4.69) is 0 Å². The van der Waals surface area contributed by atoms with Gasteiger partial charge in [-0.2, -0.15) is 0 Å². The van der Waals surface area contributed by atoms with E-state index in [4.69, 9.17) is 0 Å². The Balaban J connectivity index is 2.02. The molecule has 0 aromatic heterocycles. The predicted octanol–water partition coefficient (Wildman–Crippen LogP) is 1.31. The fourth-order valence-corrected chi connectivity index (χ4v) is 3.97. The molecule has 0 saturated carbocycles. The summed E-state index contributed by atoms with van der Waals surface area (Å²) in [5.41, 5.74) is -1.58. The van der Waals surface area contributed by atoms with Crippen LogP contribution in [0.25, 0.3) is 0 Å². The van der Waals surface area contributed by atoms with Gasteiger partial charge in [-0.3, -0.25) is 9.59 Å². The number of hydrogen-bond donors (Lipinski definition) is 5. The van der Waals surface area contributed by atoms with Crippen LogP contribution in [0.15, 0.2) is 18.2 Å². The second-order valence-electron chi connectivity index (χ2n) is 7.16. The lowest BCUT2D eigenvalue weighted by Gasteiger charge is -2.35. The average Bonchev–Trinajstić information content (AvgIpc) is 2.49. The topological polar surface area (TPSA) is 135 Å². The summed E-state index contributed by atoms with van der Waals surface area (Å²) in [5, 5.41) is 50.9. The van der Waals surface area contributed by atoms with Gasteiger partial charge in [-0.15, -0.1) is 0 Å². The Morgan fingerprint density at radius 2 is 1.65 bits per heavy atom. The smallest absolute Gasteiger partial charge is 0.201 e. The van der Waals surface area contributed by atoms with Gasteiger partial charge < -0.3 is 25.5 Å². The third-order valence-electron chi connectivity index (χ3n) is 5.01. The molecule has 7 nitrogen and oxygen atoms in total. The minimum atomic E-state index is -1.22. The highest BCUT2D eigenvalue weighted by Gasteiger charge is 2.41. The lowest BCUT2D eigenvalue weighted by atomic mass is 9.74. The summed E-state index contributed by atoms with van der Waals surface area (Å²) in [6.07, 6.45) is -1.12. The first-order valence-corrected chi connectivity index (χ1v) is 8.05. The van der Waals surface area contributed by atoms with Crippen LogP contribution < -0.4 is 0 Å². The minimum Gasteiger partial charge on any atom is -0.508 e. The fraction of sp³-hybridized carbons (Fsp3) is 0.263. The van der Waals surface area contributed by atoms with Gasteiger partial charge in [-0.05, 0) is 24.6 Å². The SMILES string of the molecule is C[C@@]1(O)Cc2cc3c(c(O)c2[C@@H](O)C1)C(=O)c1c(O)cc(O)cc1C3=O. The molecule has 2 aromatic rings. The maximum atomic E-state index is 12.8. The maximum absolute atomic E-state index is 12.8. The van der Waals surface area contributed by atoms with E-state index in [0.29, 0.717) is 5.56 Å². The zero-order valence-corrected chi connectivity index (χ0v) is 13.8. The normalized spacial score (nSPS) is 24.0. The number of aliphatic hydroxyl groups excluding tert-OH is 1. The summed E-state index contributed by atoms with van der Waals surface area (Å²) < 4.78 is 0. The van der Waals surface area contributed by atoms with E-state index in [1.54, 1.807) is 0 Å². The molecular weight excluding hydrogens is 340 g/mol. The van der Waals surface area contributed by atoms with E-state index in [1.165, 1.54) is 13.0 Å². The quantitative estimate of drug-likeness (QED) is 0.410.